The van der Waals surface area contributed by atoms with Crippen molar-refractivity contribution in [1.29, 1.82) is 0 Å². The van der Waals surface area contributed by atoms with Gasteiger partial charge in [-0.25, -0.2) is 8.42 Å². The smallest absolute Gasteiger partial charge is 0.258 e. The minimum absolute atomic E-state index is 0.0743. The standard InChI is InChI=1S/C23H21N3O3S/c1-26-11-10-15(13-30(2,28)29)16-8-9-17-20-19(25-23(27)21(20)22(16)26)12-18(24-17)14-6-4-3-5-7-14/h3-12,18,24H,13H2,1-2H3,(H,25,27). The molecule has 0 fully saturated rings. The first kappa shape index (κ1) is 18.7. The zero-order valence-electron chi connectivity index (χ0n) is 16.6. The lowest BCUT2D eigenvalue weighted by molar-refractivity contribution is 0.605. The van der Waals surface area contributed by atoms with Crippen molar-refractivity contribution >= 4 is 32.9 Å². The number of rotatable bonds is 3. The Morgan fingerprint density at radius 2 is 1.83 bits per heavy atom. The molecule has 6 nitrogen and oxygen atoms in total. The van der Waals surface area contributed by atoms with Gasteiger partial charge in [-0.05, 0) is 29.4 Å². The minimum atomic E-state index is -3.23. The molecule has 4 aliphatic rings. The highest BCUT2D eigenvalue weighted by Crippen LogP contribution is 2.35. The number of anilines is 2. The predicted octanol–water partition coefficient (Wildman–Crippen LogP) is 1.59. The van der Waals surface area contributed by atoms with Crippen molar-refractivity contribution in [3.05, 3.63) is 81.2 Å². The second kappa shape index (κ2) is 6.60. The van der Waals surface area contributed by atoms with Gasteiger partial charge in [0, 0.05) is 41.3 Å². The van der Waals surface area contributed by atoms with E-state index in [0.29, 0.717) is 11.1 Å². The highest BCUT2D eigenvalue weighted by atomic mass is 32.2. The van der Waals surface area contributed by atoms with Crippen molar-refractivity contribution in [2.75, 3.05) is 29.3 Å². The zero-order valence-corrected chi connectivity index (χ0v) is 17.5. The summed E-state index contributed by atoms with van der Waals surface area (Å²) < 4.78 is 24.0. The van der Waals surface area contributed by atoms with Gasteiger partial charge >= 0.3 is 0 Å². The fourth-order valence-corrected chi connectivity index (χ4v) is 5.14. The molecule has 0 saturated carbocycles. The topological polar surface area (TPSA) is 82.3 Å². The SMILES string of the molecule is CN1C=CC(CS(C)(=O)=O)=c2ccc3c4c([nH]c(=O)c-4c21)=CC(c1ccccc1)N3. The van der Waals surface area contributed by atoms with E-state index in [1.165, 1.54) is 6.26 Å². The largest absolute Gasteiger partial charge is 0.374 e. The van der Waals surface area contributed by atoms with Gasteiger partial charge in [-0.15, -0.1) is 0 Å². The number of nitrogens with one attached hydrogen (secondary N) is 2. The van der Waals surface area contributed by atoms with Crippen molar-refractivity contribution < 1.29 is 8.42 Å². The van der Waals surface area contributed by atoms with E-state index < -0.39 is 9.84 Å². The normalized spacial score (nSPS) is 17.5. The molecule has 2 N–H and O–H groups in total. The summed E-state index contributed by atoms with van der Waals surface area (Å²) in [4.78, 5) is 17.9. The molecule has 0 aromatic heterocycles. The molecule has 1 aromatic rings. The summed E-state index contributed by atoms with van der Waals surface area (Å²) in [6, 6.07) is 13.8. The molecule has 3 heterocycles. The number of aromatic amines is 1. The molecule has 0 amide bonds. The molecule has 0 saturated heterocycles. The number of benzene rings is 1. The highest BCUT2D eigenvalue weighted by molar-refractivity contribution is 7.91. The van der Waals surface area contributed by atoms with E-state index in [1.807, 2.05) is 66.7 Å². The van der Waals surface area contributed by atoms with Crippen molar-refractivity contribution in [3.63, 3.8) is 0 Å². The maximum absolute atomic E-state index is 13.0. The molecular formula is C23H21N3O3S. The van der Waals surface area contributed by atoms with Gasteiger partial charge in [0.2, 0.25) is 0 Å². The zero-order chi connectivity index (χ0) is 21.0. The lowest BCUT2D eigenvalue weighted by atomic mass is 9.98. The third-order valence-electron chi connectivity index (χ3n) is 5.59. The molecule has 1 atom stereocenters. The fraction of sp³-hybridized carbons (Fsp3) is 0.174. The highest BCUT2D eigenvalue weighted by Gasteiger charge is 2.27. The van der Waals surface area contributed by atoms with Crippen LogP contribution in [0.2, 0.25) is 0 Å². The van der Waals surface area contributed by atoms with Crippen LogP contribution in [0.5, 0.6) is 0 Å². The second-order valence-corrected chi connectivity index (χ2v) is 9.99. The Morgan fingerprint density at radius 1 is 1.07 bits per heavy atom. The second-order valence-electron chi connectivity index (χ2n) is 7.85. The fourth-order valence-electron chi connectivity index (χ4n) is 4.33. The number of H-pyrrole nitrogens is 1. The molecule has 7 heteroatoms. The summed E-state index contributed by atoms with van der Waals surface area (Å²) in [6.07, 6.45) is 6.86. The van der Waals surface area contributed by atoms with Crippen LogP contribution in [0, 0.1) is 0 Å². The van der Waals surface area contributed by atoms with Gasteiger partial charge in [-0.1, -0.05) is 36.4 Å². The van der Waals surface area contributed by atoms with E-state index in [0.717, 1.165) is 33.1 Å². The van der Waals surface area contributed by atoms with Gasteiger partial charge in [-0.3, -0.25) is 4.79 Å². The Labute approximate surface area is 174 Å². The Morgan fingerprint density at radius 3 is 2.57 bits per heavy atom. The molecule has 152 valence electrons. The third kappa shape index (κ3) is 3.02. The Balaban J connectivity index is 1.81. The monoisotopic (exact) mass is 419 g/mol. The number of allylic oxidation sites excluding steroid dienone is 1. The van der Waals surface area contributed by atoms with Crippen molar-refractivity contribution in [2.45, 2.75) is 6.04 Å². The van der Waals surface area contributed by atoms with E-state index >= 15 is 0 Å². The van der Waals surface area contributed by atoms with Crippen LogP contribution in [-0.4, -0.2) is 32.5 Å². The maximum Gasteiger partial charge on any atom is 0.258 e. The molecule has 5 rings (SSSR count). The van der Waals surface area contributed by atoms with Crippen LogP contribution in [0.1, 0.15) is 11.6 Å². The van der Waals surface area contributed by atoms with Crippen LogP contribution in [0.3, 0.4) is 0 Å². The minimum Gasteiger partial charge on any atom is -0.374 e. The molecule has 30 heavy (non-hydrogen) atoms. The first-order chi connectivity index (χ1) is 14.3. The molecule has 1 aliphatic carbocycles. The molecule has 1 unspecified atom stereocenters. The lowest BCUT2D eigenvalue weighted by Crippen LogP contribution is -2.26. The van der Waals surface area contributed by atoms with Crippen LogP contribution < -0.4 is 26.3 Å². The number of hydrogen-bond acceptors (Lipinski definition) is 5. The van der Waals surface area contributed by atoms with Gasteiger partial charge in [-0.2, -0.15) is 0 Å². The van der Waals surface area contributed by atoms with Crippen LogP contribution in [0.15, 0.2) is 59.5 Å². The predicted molar refractivity (Wildman–Crippen MR) is 121 cm³/mol. The summed E-state index contributed by atoms with van der Waals surface area (Å²) in [5, 5.41) is 5.07. The average Bonchev–Trinajstić information content (AvgIpc) is 2.91. The molecular weight excluding hydrogens is 398 g/mol. The van der Waals surface area contributed by atoms with Crippen LogP contribution in [0.4, 0.5) is 11.4 Å². The van der Waals surface area contributed by atoms with Crippen LogP contribution >= 0.6 is 0 Å². The number of aromatic nitrogens is 1. The van der Waals surface area contributed by atoms with Gasteiger partial charge < -0.3 is 15.2 Å². The summed E-state index contributed by atoms with van der Waals surface area (Å²) in [6.45, 7) is 0. The molecule has 0 spiro atoms. The molecule has 1 aromatic carbocycles. The van der Waals surface area contributed by atoms with Crippen molar-refractivity contribution in [1.82, 2.24) is 4.98 Å². The molecule has 3 aliphatic heterocycles. The maximum atomic E-state index is 13.0. The Kier molecular flexibility index (Phi) is 4.11. The van der Waals surface area contributed by atoms with Crippen LogP contribution in [0.25, 0.3) is 22.8 Å². The van der Waals surface area contributed by atoms with E-state index in [-0.39, 0.29) is 17.4 Å². The Hall–Kier alpha value is -3.32. The van der Waals surface area contributed by atoms with E-state index in [2.05, 4.69) is 10.3 Å². The first-order valence-corrected chi connectivity index (χ1v) is 11.7. The van der Waals surface area contributed by atoms with Crippen LogP contribution in [-0.2, 0) is 9.84 Å². The Bertz CT molecular complexity index is 1450. The number of hydrogen-bond donors (Lipinski definition) is 2. The number of sulfone groups is 1. The summed E-state index contributed by atoms with van der Waals surface area (Å²) in [7, 11) is -1.36. The first-order valence-electron chi connectivity index (χ1n) is 9.66. The van der Waals surface area contributed by atoms with Gasteiger partial charge in [0.1, 0.15) is 0 Å². The van der Waals surface area contributed by atoms with Gasteiger partial charge in [0.05, 0.1) is 23.0 Å². The van der Waals surface area contributed by atoms with E-state index in [9.17, 15) is 13.2 Å². The van der Waals surface area contributed by atoms with E-state index in [1.54, 1.807) is 6.08 Å². The summed E-state index contributed by atoms with van der Waals surface area (Å²) in [5.74, 6) is -0.0805. The third-order valence-corrected chi connectivity index (χ3v) is 6.43. The molecule has 0 radical (unpaired) electrons. The van der Waals surface area contributed by atoms with Crippen molar-refractivity contribution in [3.8, 4) is 11.1 Å². The summed E-state index contributed by atoms with van der Waals surface area (Å²) >= 11 is 0. The number of fused-ring (bicyclic) bond motifs is 2. The lowest BCUT2D eigenvalue weighted by Gasteiger charge is -2.23. The molecule has 0 bridgehead atoms. The van der Waals surface area contributed by atoms with Crippen molar-refractivity contribution in [2.24, 2.45) is 0 Å². The quantitative estimate of drug-likeness (QED) is 0.674. The van der Waals surface area contributed by atoms with Gasteiger partial charge in [0.25, 0.3) is 5.56 Å². The number of nitrogens with zero attached hydrogens (tertiary/aromatic N) is 1. The average molecular weight is 420 g/mol. The van der Waals surface area contributed by atoms with Gasteiger partial charge in [0.15, 0.2) is 9.84 Å². The van der Waals surface area contributed by atoms with E-state index in [4.69, 9.17) is 0 Å². The summed E-state index contributed by atoms with van der Waals surface area (Å²) in [5.41, 5.74) is 4.55.